The van der Waals surface area contributed by atoms with Crippen LogP contribution in [0.5, 0.6) is 5.75 Å². The normalized spacial score (nSPS) is 13.9. The van der Waals surface area contributed by atoms with Gasteiger partial charge in [0.15, 0.2) is 0 Å². The first kappa shape index (κ1) is 37.5. The van der Waals surface area contributed by atoms with E-state index in [1.165, 1.54) is 43.2 Å². The third-order valence-electron chi connectivity index (χ3n) is 9.07. The lowest BCUT2D eigenvalue weighted by Crippen LogP contribution is -2.55. The first-order valence-corrected chi connectivity index (χ1v) is 19.0. The average molecular weight is 778 g/mol. The SMILES string of the molecule is COc1ccc(N(CC(=O)N(Cc2cccc(Br)c2)[C@@H](Cc2ccccc2)C(=O)NC2CCCCC2)S(=O)(=O)c2ccc(C)c([N+](=O)[O-])c2)cc1. The topological polar surface area (TPSA) is 139 Å². The molecule has 11 nitrogen and oxygen atoms in total. The van der Waals surface area contributed by atoms with Gasteiger partial charge in [-0.05, 0) is 73.4 Å². The highest BCUT2D eigenvalue weighted by atomic mass is 79.9. The first-order chi connectivity index (χ1) is 24.5. The molecule has 0 spiro atoms. The molecule has 0 aliphatic heterocycles. The molecule has 51 heavy (non-hydrogen) atoms. The van der Waals surface area contributed by atoms with Crippen LogP contribution in [0.25, 0.3) is 0 Å². The molecule has 4 aromatic carbocycles. The quantitative estimate of drug-likeness (QED) is 0.108. The van der Waals surface area contributed by atoms with Gasteiger partial charge < -0.3 is 15.0 Å². The van der Waals surface area contributed by atoms with E-state index in [1.807, 2.05) is 54.6 Å². The molecule has 2 amide bonds. The molecule has 1 N–H and O–H groups in total. The largest absolute Gasteiger partial charge is 0.497 e. The first-order valence-electron chi connectivity index (χ1n) is 16.8. The Morgan fingerprint density at radius 1 is 0.941 bits per heavy atom. The standard InChI is InChI=1S/C38H41BrN4O7S/c1-27-16-21-34(24-35(27)43(46)47)51(48,49)42(32-17-19-33(50-2)20-18-32)26-37(44)41(25-29-12-9-13-30(39)22-29)36(23-28-10-5-3-6-11-28)38(45)40-31-14-7-4-8-15-31/h3,5-6,9-13,16-22,24,31,36H,4,7-8,14-15,23,25-26H2,1-2H3,(H,40,45)/t36-/m0/s1. The van der Waals surface area contributed by atoms with Crippen LogP contribution >= 0.6 is 15.9 Å². The van der Waals surface area contributed by atoms with Crippen molar-refractivity contribution in [3.05, 3.63) is 128 Å². The number of sulfonamides is 1. The number of nitro benzene ring substituents is 1. The maximum absolute atomic E-state index is 14.8. The van der Waals surface area contributed by atoms with Gasteiger partial charge in [-0.25, -0.2) is 8.42 Å². The number of rotatable bonds is 14. The van der Waals surface area contributed by atoms with Crippen LogP contribution in [0.4, 0.5) is 11.4 Å². The summed E-state index contributed by atoms with van der Waals surface area (Å²) in [5.41, 5.74) is 1.63. The van der Waals surface area contributed by atoms with Crippen LogP contribution in [0.2, 0.25) is 0 Å². The monoisotopic (exact) mass is 776 g/mol. The molecule has 0 heterocycles. The summed E-state index contributed by atoms with van der Waals surface area (Å²) >= 11 is 3.50. The number of nitrogens with one attached hydrogen (secondary N) is 1. The molecule has 1 atom stereocenters. The van der Waals surface area contributed by atoms with Gasteiger partial charge in [-0.2, -0.15) is 0 Å². The second-order valence-electron chi connectivity index (χ2n) is 12.6. The number of benzene rings is 4. The second kappa shape index (κ2) is 17.0. The van der Waals surface area contributed by atoms with Gasteiger partial charge in [0, 0.05) is 35.1 Å². The number of ether oxygens (including phenoxy) is 1. The fraction of sp³-hybridized carbons (Fsp3) is 0.316. The number of carbonyl (C=O) groups excluding carboxylic acids is 2. The Hall–Kier alpha value is -4.75. The molecule has 0 unspecified atom stereocenters. The Kier molecular flexibility index (Phi) is 12.5. The van der Waals surface area contributed by atoms with Crippen molar-refractivity contribution in [2.75, 3.05) is 18.0 Å². The fourth-order valence-corrected chi connectivity index (χ4v) is 8.16. The highest BCUT2D eigenvalue weighted by Gasteiger charge is 2.36. The summed E-state index contributed by atoms with van der Waals surface area (Å²) in [4.78, 5) is 41.3. The summed E-state index contributed by atoms with van der Waals surface area (Å²) < 4.78 is 35.8. The third kappa shape index (κ3) is 9.53. The molecule has 0 radical (unpaired) electrons. The second-order valence-corrected chi connectivity index (χ2v) is 15.4. The lowest BCUT2D eigenvalue weighted by molar-refractivity contribution is -0.385. The number of hydrogen-bond donors (Lipinski definition) is 1. The molecule has 5 rings (SSSR count). The zero-order valence-electron chi connectivity index (χ0n) is 28.5. The zero-order valence-corrected chi connectivity index (χ0v) is 30.9. The van der Waals surface area contributed by atoms with E-state index in [0.717, 1.165) is 58.1 Å². The number of nitro groups is 1. The molecule has 0 bridgehead atoms. The lowest BCUT2D eigenvalue weighted by Gasteiger charge is -2.35. The average Bonchev–Trinajstić information content (AvgIpc) is 3.12. The van der Waals surface area contributed by atoms with Crippen molar-refractivity contribution in [2.45, 2.75) is 69.0 Å². The predicted octanol–water partition coefficient (Wildman–Crippen LogP) is 6.96. The van der Waals surface area contributed by atoms with E-state index in [9.17, 15) is 28.1 Å². The number of anilines is 1. The van der Waals surface area contributed by atoms with Gasteiger partial charge in [0.2, 0.25) is 11.8 Å². The molecule has 1 aliphatic carbocycles. The summed E-state index contributed by atoms with van der Waals surface area (Å²) in [7, 11) is -3.07. The molecule has 1 fully saturated rings. The van der Waals surface area contributed by atoms with Crippen LogP contribution in [-0.4, -0.2) is 55.8 Å². The minimum atomic E-state index is -4.55. The van der Waals surface area contributed by atoms with Crippen LogP contribution in [-0.2, 0) is 32.6 Å². The molecular formula is C38H41BrN4O7S. The Morgan fingerprint density at radius 2 is 1.63 bits per heavy atom. The molecule has 0 aromatic heterocycles. The molecule has 0 saturated heterocycles. The molecule has 13 heteroatoms. The third-order valence-corrected chi connectivity index (χ3v) is 11.3. The Morgan fingerprint density at radius 3 is 2.27 bits per heavy atom. The van der Waals surface area contributed by atoms with E-state index in [4.69, 9.17) is 4.74 Å². The highest BCUT2D eigenvalue weighted by Crippen LogP contribution is 2.30. The van der Waals surface area contributed by atoms with E-state index in [2.05, 4.69) is 21.2 Å². The lowest BCUT2D eigenvalue weighted by atomic mass is 9.94. The minimum Gasteiger partial charge on any atom is -0.497 e. The van der Waals surface area contributed by atoms with Gasteiger partial charge in [-0.15, -0.1) is 0 Å². The Labute approximate surface area is 306 Å². The molecule has 1 aliphatic rings. The van der Waals surface area contributed by atoms with E-state index < -0.39 is 33.4 Å². The van der Waals surface area contributed by atoms with Gasteiger partial charge in [0.1, 0.15) is 18.3 Å². The van der Waals surface area contributed by atoms with Crippen molar-refractivity contribution in [1.82, 2.24) is 10.2 Å². The van der Waals surface area contributed by atoms with Crippen molar-refractivity contribution in [3.63, 3.8) is 0 Å². The fourth-order valence-electron chi connectivity index (χ4n) is 6.28. The molecular weight excluding hydrogens is 736 g/mol. The number of amides is 2. The smallest absolute Gasteiger partial charge is 0.273 e. The van der Waals surface area contributed by atoms with Crippen LogP contribution in [0.1, 0.15) is 48.8 Å². The van der Waals surface area contributed by atoms with Gasteiger partial charge in [0.05, 0.1) is 22.6 Å². The van der Waals surface area contributed by atoms with Crippen LogP contribution in [0.15, 0.2) is 106 Å². The summed E-state index contributed by atoms with van der Waals surface area (Å²) in [6, 6.07) is 25.5. The van der Waals surface area contributed by atoms with E-state index in [0.29, 0.717) is 11.3 Å². The van der Waals surface area contributed by atoms with Gasteiger partial charge in [-0.3, -0.25) is 24.0 Å². The number of halogens is 1. The van der Waals surface area contributed by atoms with E-state index >= 15 is 0 Å². The number of methoxy groups -OCH3 is 1. The number of nitrogens with zero attached hydrogens (tertiary/aromatic N) is 3. The Bertz CT molecular complexity index is 1950. The summed E-state index contributed by atoms with van der Waals surface area (Å²) in [5, 5.41) is 15.0. The van der Waals surface area contributed by atoms with E-state index in [-0.39, 0.29) is 41.2 Å². The van der Waals surface area contributed by atoms with Gasteiger partial charge in [-0.1, -0.05) is 83.7 Å². The maximum atomic E-state index is 14.8. The van der Waals surface area contributed by atoms with Crippen molar-refractivity contribution in [3.8, 4) is 5.75 Å². The van der Waals surface area contributed by atoms with Crippen LogP contribution in [0.3, 0.4) is 0 Å². The van der Waals surface area contributed by atoms with Gasteiger partial charge >= 0.3 is 0 Å². The minimum absolute atomic E-state index is 0.0142. The van der Waals surface area contributed by atoms with Crippen molar-refractivity contribution in [1.29, 1.82) is 0 Å². The van der Waals surface area contributed by atoms with Crippen LogP contribution < -0.4 is 14.4 Å². The number of aryl methyl sites for hydroxylation is 1. The van der Waals surface area contributed by atoms with Crippen LogP contribution in [0, 0.1) is 17.0 Å². The van der Waals surface area contributed by atoms with E-state index in [1.54, 1.807) is 12.1 Å². The molecule has 1 saturated carbocycles. The highest BCUT2D eigenvalue weighted by molar-refractivity contribution is 9.10. The Balaban J connectivity index is 1.59. The van der Waals surface area contributed by atoms with Crippen molar-refractivity contribution < 1.29 is 27.7 Å². The zero-order chi connectivity index (χ0) is 36.5. The predicted molar refractivity (Wildman–Crippen MR) is 199 cm³/mol. The van der Waals surface area contributed by atoms with Crippen molar-refractivity contribution >= 4 is 49.1 Å². The maximum Gasteiger partial charge on any atom is 0.273 e. The number of hydrogen-bond acceptors (Lipinski definition) is 7. The summed E-state index contributed by atoms with van der Waals surface area (Å²) in [5.74, 6) is -0.482. The number of carbonyl (C=O) groups is 2. The van der Waals surface area contributed by atoms with Crippen molar-refractivity contribution in [2.24, 2.45) is 0 Å². The van der Waals surface area contributed by atoms with Gasteiger partial charge in [0.25, 0.3) is 15.7 Å². The molecule has 268 valence electrons. The molecule has 4 aromatic rings. The summed E-state index contributed by atoms with van der Waals surface area (Å²) in [6.45, 7) is 0.844. The summed E-state index contributed by atoms with van der Waals surface area (Å²) in [6.07, 6.45) is 4.98.